The van der Waals surface area contributed by atoms with Crippen LogP contribution in [0.3, 0.4) is 0 Å². The molecule has 2 aromatic carbocycles. The van der Waals surface area contributed by atoms with E-state index >= 15 is 0 Å². The fourth-order valence-electron chi connectivity index (χ4n) is 2.03. The summed E-state index contributed by atoms with van der Waals surface area (Å²) in [6, 6.07) is 18.0. The number of carbonyl (C=O) groups is 1. The fraction of sp³-hybridized carbons (Fsp3) is 0. The molecule has 0 aliphatic heterocycles. The summed E-state index contributed by atoms with van der Waals surface area (Å²) in [5, 5.41) is 11.5. The van der Waals surface area contributed by atoms with Gasteiger partial charge in [0.05, 0.1) is 29.7 Å². The number of carbonyl (C=O) groups excluding carboxylic acids is 1. The van der Waals surface area contributed by atoms with Crippen molar-refractivity contribution in [1.29, 1.82) is 5.26 Å². The molecular weight excluding hydrogens is 288 g/mol. The zero-order chi connectivity index (χ0) is 16.1. The van der Waals surface area contributed by atoms with Gasteiger partial charge in [-0.2, -0.15) is 5.26 Å². The Morgan fingerprint density at radius 1 is 0.957 bits per heavy atom. The minimum Gasteiger partial charge on any atom is -0.319 e. The van der Waals surface area contributed by atoms with Crippen LogP contribution in [0.5, 0.6) is 0 Å². The third-order valence-electron chi connectivity index (χ3n) is 3.22. The zero-order valence-electron chi connectivity index (χ0n) is 12.1. The Balaban J connectivity index is 1.73. The molecule has 3 aromatic rings. The molecule has 0 atom stereocenters. The third kappa shape index (κ3) is 3.39. The molecule has 0 saturated heterocycles. The molecule has 0 fully saturated rings. The number of anilines is 1. The number of amides is 1. The van der Waals surface area contributed by atoms with Crippen LogP contribution in [0.15, 0.2) is 67.0 Å². The molecule has 0 aliphatic carbocycles. The lowest BCUT2D eigenvalue weighted by Crippen LogP contribution is -2.12. The standard InChI is InChI=1S/C18H12N4O/c19-10-13-6-8-15(9-7-13)18(23)22-16-11-20-17(21-12-16)14-4-2-1-3-5-14/h1-9,11-12H,(H,22,23). The number of hydrogen-bond acceptors (Lipinski definition) is 4. The Morgan fingerprint density at radius 2 is 1.61 bits per heavy atom. The lowest BCUT2D eigenvalue weighted by Gasteiger charge is -2.05. The summed E-state index contributed by atoms with van der Waals surface area (Å²) >= 11 is 0. The van der Waals surface area contributed by atoms with Crippen molar-refractivity contribution in [3.63, 3.8) is 0 Å². The molecule has 0 bridgehead atoms. The summed E-state index contributed by atoms with van der Waals surface area (Å²) in [4.78, 5) is 20.6. The first-order valence-electron chi connectivity index (χ1n) is 6.95. The Kier molecular flexibility index (Phi) is 4.07. The van der Waals surface area contributed by atoms with Crippen LogP contribution in [0.4, 0.5) is 5.69 Å². The summed E-state index contributed by atoms with van der Waals surface area (Å²) in [6.07, 6.45) is 3.13. The van der Waals surface area contributed by atoms with Crippen LogP contribution in [0, 0.1) is 11.3 Å². The van der Waals surface area contributed by atoms with E-state index in [1.165, 1.54) is 0 Å². The first kappa shape index (κ1) is 14.4. The van der Waals surface area contributed by atoms with E-state index in [1.807, 2.05) is 36.4 Å². The second-order valence-corrected chi connectivity index (χ2v) is 4.80. The van der Waals surface area contributed by atoms with Gasteiger partial charge in [0.2, 0.25) is 0 Å². The van der Waals surface area contributed by atoms with Crippen molar-refractivity contribution < 1.29 is 4.79 Å². The van der Waals surface area contributed by atoms with E-state index in [-0.39, 0.29) is 5.91 Å². The van der Waals surface area contributed by atoms with Gasteiger partial charge >= 0.3 is 0 Å². The maximum Gasteiger partial charge on any atom is 0.255 e. The molecule has 1 N–H and O–H groups in total. The Labute approximate surface area is 133 Å². The zero-order valence-corrected chi connectivity index (χ0v) is 12.1. The number of nitrogens with zero attached hydrogens (tertiary/aromatic N) is 3. The summed E-state index contributed by atoms with van der Waals surface area (Å²) in [5.41, 5.74) is 2.41. The van der Waals surface area contributed by atoms with E-state index in [2.05, 4.69) is 15.3 Å². The maximum absolute atomic E-state index is 12.1. The van der Waals surface area contributed by atoms with Gasteiger partial charge in [0.15, 0.2) is 5.82 Å². The SMILES string of the molecule is N#Cc1ccc(C(=O)Nc2cnc(-c3ccccc3)nc2)cc1. The highest BCUT2D eigenvalue weighted by molar-refractivity contribution is 6.04. The van der Waals surface area contributed by atoms with Gasteiger partial charge in [-0.1, -0.05) is 30.3 Å². The normalized spacial score (nSPS) is 9.87. The molecule has 5 nitrogen and oxygen atoms in total. The van der Waals surface area contributed by atoms with Gasteiger partial charge in [0.1, 0.15) is 0 Å². The monoisotopic (exact) mass is 300 g/mol. The van der Waals surface area contributed by atoms with Crippen molar-refractivity contribution in [3.05, 3.63) is 78.1 Å². The Hall–Kier alpha value is -3.52. The van der Waals surface area contributed by atoms with Gasteiger partial charge in [-0.3, -0.25) is 4.79 Å². The smallest absolute Gasteiger partial charge is 0.255 e. The molecule has 23 heavy (non-hydrogen) atoms. The quantitative estimate of drug-likeness (QED) is 0.805. The minimum absolute atomic E-state index is 0.273. The molecule has 0 aliphatic rings. The largest absolute Gasteiger partial charge is 0.319 e. The molecule has 110 valence electrons. The van der Waals surface area contributed by atoms with E-state index < -0.39 is 0 Å². The first-order chi connectivity index (χ1) is 11.3. The van der Waals surface area contributed by atoms with Crippen molar-refractivity contribution in [2.45, 2.75) is 0 Å². The molecule has 1 amide bonds. The number of benzene rings is 2. The van der Waals surface area contributed by atoms with Crippen molar-refractivity contribution in [2.24, 2.45) is 0 Å². The molecule has 0 saturated carbocycles. The molecule has 0 spiro atoms. The summed E-state index contributed by atoms with van der Waals surface area (Å²) < 4.78 is 0. The molecule has 1 heterocycles. The van der Waals surface area contributed by atoms with Gasteiger partial charge in [-0.15, -0.1) is 0 Å². The Bertz CT molecular complexity index is 850. The summed E-state index contributed by atoms with van der Waals surface area (Å²) in [6.45, 7) is 0. The molecule has 5 heteroatoms. The van der Waals surface area contributed by atoms with Crippen molar-refractivity contribution >= 4 is 11.6 Å². The van der Waals surface area contributed by atoms with E-state index in [0.717, 1.165) is 5.56 Å². The van der Waals surface area contributed by atoms with Gasteiger partial charge in [-0.05, 0) is 24.3 Å². The average Bonchev–Trinajstić information content (AvgIpc) is 2.63. The molecule has 0 radical (unpaired) electrons. The number of nitriles is 1. The van der Waals surface area contributed by atoms with Crippen LogP contribution in [0.25, 0.3) is 11.4 Å². The van der Waals surface area contributed by atoms with Crippen LogP contribution in [-0.2, 0) is 0 Å². The summed E-state index contributed by atoms with van der Waals surface area (Å²) in [7, 11) is 0. The van der Waals surface area contributed by atoms with Crippen molar-refractivity contribution in [3.8, 4) is 17.5 Å². The van der Waals surface area contributed by atoms with Gasteiger partial charge in [0, 0.05) is 11.1 Å². The maximum atomic E-state index is 12.1. The van der Waals surface area contributed by atoms with Crippen LogP contribution in [0.1, 0.15) is 15.9 Å². The number of aromatic nitrogens is 2. The van der Waals surface area contributed by atoms with Crippen LogP contribution < -0.4 is 5.32 Å². The van der Waals surface area contributed by atoms with Gasteiger partial charge < -0.3 is 5.32 Å². The van der Waals surface area contributed by atoms with E-state index in [1.54, 1.807) is 36.7 Å². The van der Waals surface area contributed by atoms with Crippen LogP contribution >= 0.6 is 0 Å². The highest BCUT2D eigenvalue weighted by atomic mass is 16.1. The van der Waals surface area contributed by atoms with Gasteiger partial charge in [0.25, 0.3) is 5.91 Å². The molecular formula is C18H12N4O. The molecule has 3 rings (SSSR count). The predicted molar refractivity (Wildman–Crippen MR) is 86.6 cm³/mol. The first-order valence-corrected chi connectivity index (χ1v) is 6.95. The predicted octanol–water partition coefficient (Wildman–Crippen LogP) is 3.27. The lowest BCUT2D eigenvalue weighted by atomic mass is 10.1. The van der Waals surface area contributed by atoms with E-state index in [4.69, 9.17) is 5.26 Å². The molecule has 0 unspecified atom stereocenters. The minimum atomic E-state index is -0.273. The number of rotatable bonds is 3. The van der Waals surface area contributed by atoms with Gasteiger partial charge in [-0.25, -0.2) is 9.97 Å². The lowest BCUT2D eigenvalue weighted by molar-refractivity contribution is 0.102. The topological polar surface area (TPSA) is 78.7 Å². The second-order valence-electron chi connectivity index (χ2n) is 4.80. The van der Waals surface area contributed by atoms with E-state index in [0.29, 0.717) is 22.6 Å². The van der Waals surface area contributed by atoms with E-state index in [9.17, 15) is 4.79 Å². The Morgan fingerprint density at radius 3 is 2.22 bits per heavy atom. The molecule has 1 aromatic heterocycles. The number of hydrogen-bond donors (Lipinski definition) is 1. The second kappa shape index (κ2) is 6.50. The highest BCUT2D eigenvalue weighted by Crippen LogP contribution is 2.15. The summed E-state index contributed by atoms with van der Waals surface area (Å²) in [5.74, 6) is 0.326. The van der Waals surface area contributed by atoms with Crippen molar-refractivity contribution in [2.75, 3.05) is 5.32 Å². The van der Waals surface area contributed by atoms with Crippen molar-refractivity contribution in [1.82, 2.24) is 9.97 Å². The van der Waals surface area contributed by atoms with Crippen LogP contribution in [0.2, 0.25) is 0 Å². The number of nitrogens with one attached hydrogen (secondary N) is 1. The average molecular weight is 300 g/mol. The fourth-order valence-corrected chi connectivity index (χ4v) is 2.03. The third-order valence-corrected chi connectivity index (χ3v) is 3.22. The van der Waals surface area contributed by atoms with Crippen LogP contribution in [-0.4, -0.2) is 15.9 Å². The highest BCUT2D eigenvalue weighted by Gasteiger charge is 2.07.